The van der Waals surface area contributed by atoms with Gasteiger partial charge in [-0.15, -0.1) is 0 Å². The molecular weight excluding hydrogens is 280 g/mol. The molecule has 1 fully saturated rings. The van der Waals surface area contributed by atoms with E-state index >= 15 is 0 Å². The summed E-state index contributed by atoms with van der Waals surface area (Å²) < 4.78 is 1.57. The quantitative estimate of drug-likeness (QED) is 0.905. The van der Waals surface area contributed by atoms with Gasteiger partial charge in [-0.3, -0.25) is 14.3 Å². The van der Waals surface area contributed by atoms with E-state index in [2.05, 4.69) is 10.4 Å². The predicted molar refractivity (Wildman–Crippen MR) is 75.2 cm³/mol. The van der Waals surface area contributed by atoms with E-state index in [-0.39, 0.29) is 18.4 Å². The van der Waals surface area contributed by atoms with E-state index in [0.717, 1.165) is 11.3 Å². The lowest BCUT2D eigenvalue weighted by molar-refractivity contribution is -0.153. The third-order valence-corrected chi connectivity index (χ3v) is 4.53. The molecule has 1 N–H and O–H groups in total. The maximum atomic E-state index is 12.2. The van der Waals surface area contributed by atoms with Crippen LogP contribution in [0.1, 0.15) is 31.5 Å². The van der Waals surface area contributed by atoms with Crippen molar-refractivity contribution in [3.63, 3.8) is 0 Å². The maximum Gasteiger partial charge on any atom is 0.246 e. The predicted octanol–water partition coefficient (Wildman–Crippen LogP) is 1.01. The summed E-state index contributed by atoms with van der Waals surface area (Å²) in [4.78, 5) is 25.9. The van der Waals surface area contributed by atoms with Gasteiger partial charge in [0, 0.05) is 12.6 Å². The highest BCUT2D eigenvalue weighted by atomic mass is 35.5. The van der Waals surface area contributed by atoms with Crippen LogP contribution in [-0.4, -0.2) is 38.6 Å². The van der Waals surface area contributed by atoms with Gasteiger partial charge >= 0.3 is 0 Å². The maximum absolute atomic E-state index is 12.2. The summed E-state index contributed by atoms with van der Waals surface area (Å²) in [5.41, 5.74) is 0.715. The van der Waals surface area contributed by atoms with Gasteiger partial charge in [-0.25, -0.2) is 0 Å². The number of hydrogen-bond donors (Lipinski definition) is 1. The minimum absolute atomic E-state index is 0.0331. The van der Waals surface area contributed by atoms with Crippen molar-refractivity contribution in [1.29, 1.82) is 0 Å². The van der Waals surface area contributed by atoms with Gasteiger partial charge in [0.25, 0.3) is 0 Å². The van der Waals surface area contributed by atoms with Crippen molar-refractivity contribution in [3.05, 3.63) is 16.4 Å². The van der Waals surface area contributed by atoms with Crippen molar-refractivity contribution in [3.8, 4) is 0 Å². The second-order valence-electron chi connectivity index (χ2n) is 5.27. The first kappa shape index (κ1) is 14.8. The molecule has 110 valence electrons. The van der Waals surface area contributed by atoms with Crippen molar-refractivity contribution in [2.45, 2.75) is 39.3 Å². The summed E-state index contributed by atoms with van der Waals surface area (Å²) in [6.07, 6.45) is 0.543. The number of rotatable bonds is 3. The molecule has 0 radical (unpaired) electrons. The van der Waals surface area contributed by atoms with Crippen molar-refractivity contribution in [1.82, 2.24) is 20.0 Å². The third kappa shape index (κ3) is 2.18. The molecule has 1 aliphatic heterocycles. The second-order valence-corrected chi connectivity index (χ2v) is 5.63. The minimum atomic E-state index is -0.846. The van der Waals surface area contributed by atoms with E-state index < -0.39 is 5.54 Å². The Hall–Kier alpha value is -1.56. The van der Waals surface area contributed by atoms with Crippen molar-refractivity contribution < 1.29 is 9.59 Å². The number of aromatic nitrogens is 2. The van der Waals surface area contributed by atoms with Crippen LogP contribution in [0.3, 0.4) is 0 Å². The average Bonchev–Trinajstić information content (AvgIpc) is 2.65. The molecule has 20 heavy (non-hydrogen) atoms. The van der Waals surface area contributed by atoms with Crippen molar-refractivity contribution in [2.75, 3.05) is 6.54 Å². The van der Waals surface area contributed by atoms with E-state index in [1.165, 1.54) is 0 Å². The molecule has 0 saturated carbocycles. The van der Waals surface area contributed by atoms with Crippen molar-refractivity contribution in [2.24, 2.45) is 7.05 Å². The lowest BCUT2D eigenvalue weighted by Crippen LogP contribution is -2.65. The van der Waals surface area contributed by atoms with Crippen LogP contribution in [0.5, 0.6) is 0 Å². The van der Waals surface area contributed by atoms with Crippen LogP contribution in [-0.2, 0) is 23.2 Å². The van der Waals surface area contributed by atoms with E-state index in [4.69, 9.17) is 11.6 Å². The number of carbonyl (C=O) groups is 2. The molecule has 1 saturated heterocycles. The first-order chi connectivity index (χ1) is 9.31. The molecule has 7 heteroatoms. The SMILES string of the molecule is CCC1(C)C(=O)NCC(=O)N1Cc1c(C)nn(C)c1Cl. The van der Waals surface area contributed by atoms with Crippen LogP contribution >= 0.6 is 11.6 Å². The number of piperazine rings is 1. The van der Waals surface area contributed by atoms with Crippen LogP contribution < -0.4 is 5.32 Å². The summed E-state index contributed by atoms with van der Waals surface area (Å²) in [5, 5.41) is 7.38. The number of aryl methyl sites for hydroxylation is 2. The third-order valence-electron chi connectivity index (χ3n) is 4.06. The number of hydrogen-bond acceptors (Lipinski definition) is 3. The largest absolute Gasteiger partial charge is 0.345 e. The molecule has 0 aliphatic carbocycles. The number of halogens is 1. The summed E-state index contributed by atoms with van der Waals surface area (Å²) >= 11 is 6.22. The van der Waals surface area contributed by atoms with Gasteiger partial charge in [0.2, 0.25) is 11.8 Å². The normalized spacial score (nSPS) is 23.1. The average molecular weight is 299 g/mol. The molecule has 2 heterocycles. The Labute approximate surface area is 123 Å². The highest BCUT2D eigenvalue weighted by Gasteiger charge is 2.44. The monoisotopic (exact) mass is 298 g/mol. The number of amides is 2. The Balaban J connectivity index is 2.38. The number of carbonyl (C=O) groups excluding carboxylic acids is 2. The first-order valence-corrected chi connectivity index (χ1v) is 6.95. The van der Waals surface area contributed by atoms with E-state index in [1.54, 1.807) is 23.6 Å². The zero-order valence-corrected chi connectivity index (χ0v) is 12.9. The van der Waals surface area contributed by atoms with Crippen molar-refractivity contribution >= 4 is 23.4 Å². The lowest BCUT2D eigenvalue weighted by atomic mass is 9.92. The van der Waals surface area contributed by atoms with E-state index in [9.17, 15) is 9.59 Å². The van der Waals surface area contributed by atoms with Gasteiger partial charge in [0.15, 0.2) is 0 Å². The van der Waals surface area contributed by atoms with Gasteiger partial charge in [-0.1, -0.05) is 18.5 Å². The molecule has 1 aromatic rings. The molecule has 1 aromatic heterocycles. The van der Waals surface area contributed by atoms with Crippen LogP contribution in [0, 0.1) is 6.92 Å². The van der Waals surface area contributed by atoms with Gasteiger partial charge in [0.05, 0.1) is 18.8 Å². The highest BCUT2D eigenvalue weighted by molar-refractivity contribution is 6.30. The van der Waals surface area contributed by atoms with Gasteiger partial charge in [-0.2, -0.15) is 5.10 Å². The molecule has 0 bridgehead atoms. The summed E-state index contributed by atoms with van der Waals surface area (Å²) in [6, 6.07) is 0. The van der Waals surface area contributed by atoms with Gasteiger partial charge < -0.3 is 10.2 Å². The summed E-state index contributed by atoms with van der Waals surface area (Å²) in [6.45, 7) is 5.85. The molecule has 1 aliphatic rings. The smallest absolute Gasteiger partial charge is 0.246 e. The molecule has 2 rings (SSSR count). The van der Waals surface area contributed by atoms with Crippen LogP contribution in [0.15, 0.2) is 0 Å². The summed E-state index contributed by atoms with van der Waals surface area (Å²) in [5.74, 6) is -0.231. The molecule has 0 spiro atoms. The standard InChI is InChI=1S/C13H19ClN4O2/c1-5-13(3)12(20)15-6-10(19)18(13)7-9-8(2)16-17(4)11(9)14/h5-7H2,1-4H3,(H,15,20). The van der Waals surface area contributed by atoms with Crippen LogP contribution in [0.4, 0.5) is 0 Å². The molecule has 2 amide bonds. The molecular formula is C13H19ClN4O2. The molecule has 1 unspecified atom stereocenters. The zero-order valence-electron chi connectivity index (χ0n) is 12.2. The molecule has 0 aromatic carbocycles. The van der Waals surface area contributed by atoms with Crippen LogP contribution in [0.2, 0.25) is 5.15 Å². The minimum Gasteiger partial charge on any atom is -0.345 e. The van der Waals surface area contributed by atoms with Gasteiger partial charge in [-0.05, 0) is 20.3 Å². The molecule has 6 nitrogen and oxygen atoms in total. The topological polar surface area (TPSA) is 67.2 Å². The first-order valence-electron chi connectivity index (χ1n) is 6.58. The second kappa shape index (κ2) is 5.09. The van der Waals surface area contributed by atoms with Crippen LogP contribution in [0.25, 0.3) is 0 Å². The number of nitrogens with one attached hydrogen (secondary N) is 1. The summed E-state index contributed by atoms with van der Waals surface area (Å²) in [7, 11) is 1.75. The number of nitrogens with zero attached hydrogens (tertiary/aromatic N) is 3. The Kier molecular flexibility index (Phi) is 3.77. The van der Waals surface area contributed by atoms with E-state index in [1.807, 2.05) is 13.8 Å². The lowest BCUT2D eigenvalue weighted by Gasteiger charge is -2.43. The molecule has 1 atom stereocenters. The van der Waals surface area contributed by atoms with Gasteiger partial charge in [0.1, 0.15) is 10.7 Å². The fourth-order valence-corrected chi connectivity index (χ4v) is 2.70. The van der Waals surface area contributed by atoms with E-state index in [0.29, 0.717) is 18.1 Å². The fourth-order valence-electron chi connectivity index (χ4n) is 2.47. The Morgan fingerprint density at radius 2 is 2.10 bits per heavy atom. The Morgan fingerprint density at radius 1 is 1.45 bits per heavy atom. The highest BCUT2D eigenvalue weighted by Crippen LogP contribution is 2.28. The zero-order chi connectivity index (χ0) is 15.1. The Morgan fingerprint density at radius 3 is 2.60 bits per heavy atom. The fraction of sp³-hybridized carbons (Fsp3) is 0.615. The Bertz CT molecular complexity index is 569.